The van der Waals surface area contributed by atoms with Gasteiger partial charge in [0.25, 0.3) is 0 Å². The largest absolute Gasteiger partial charge is 0.489 e. The van der Waals surface area contributed by atoms with Crippen molar-refractivity contribution in [1.82, 2.24) is 0 Å². The van der Waals surface area contributed by atoms with E-state index in [4.69, 9.17) is 33.7 Å². The van der Waals surface area contributed by atoms with E-state index in [2.05, 4.69) is 0 Å². The van der Waals surface area contributed by atoms with Gasteiger partial charge in [-0.3, -0.25) is 0 Å². The van der Waals surface area contributed by atoms with Gasteiger partial charge in [0.2, 0.25) is 0 Å². The molecule has 0 spiro atoms. The molecule has 0 aliphatic carbocycles. The van der Waals surface area contributed by atoms with Gasteiger partial charge < -0.3 is 10.5 Å². The summed E-state index contributed by atoms with van der Waals surface area (Å²) in [5.74, 6) is 0.781. The van der Waals surface area contributed by atoms with Crippen LogP contribution in [0.15, 0.2) is 42.5 Å². The van der Waals surface area contributed by atoms with Gasteiger partial charge in [-0.25, -0.2) is 0 Å². The lowest BCUT2D eigenvalue weighted by atomic mass is 10.2. The van der Waals surface area contributed by atoms with Gasteiger partial charge in [-0.05, 0) is 35.9 Å². The Kier molecular flexibility index (Phi) is 4.48. The van der Waals surface area contributed by atoms with Crippen molar-refractivity contribution in [2.45, 2.75) is 13.2 Å². The Morgan fingerprint density at radius 3 is 2.39 bits per heavy atom. The number of hydrogen-bond donors (Lipinski definition) is 1. The normalized spacial score (nSPS) is 10.4. The minimum absolute atomic E-state index is 0.390. The van der Waals surface area contributed by atoms with Crippen molar-refractivity contribution >= 4 is 23.2 Å². The molecule has 0 amide bonds. The molecule has 2 rings (SSSR count). The summed E-state index contributed by atoms with van der Waals surface area (Å²) >= 11 is 12.0. The Balaban J connectivity index is 2.04. The predicted octanol–water partition coefficient (Wildman–Crippen LogP) is 4.03. The van der Waals surface area contributed by atoms with Gasteiger partial charge in [-0.1, -0.05) is 35.3 Å². The fourth-order valence-electron chi connectivity index (χ4n) is 1.54. The molecule has 2 aromatic carbocycles. The molecular formula is C14H13Cl2NO. The van der Waals surface area contributed by atoms with Crippen LogP contribution in [0.25, 0.3) is 0 Å². The summed E-state index contributed by atoms with van der Waals surface area (Å²) in [5, 5.41) is 1.30. The fraction of sp³-hybridized carbons (Fsp3) is 0.143. The quantitative estimate of drug-likeness (QED) is 0.918. The Morgan fingerprint density at radius 1 is 1.00 bits per heavy atom. The summed E-state index contributed by atoms with van der Waals surface area (Å²) in [6, 6.07) is 13.0. The second kappa shape index (κ2) is 6.10. The fourth-order valence-corrected chi connectivity index (χ4v) is 1.90. The Morgan fingerprint density at radius 2 is 1.72 bits per heavy atom. The lowest BCUT2D eigenvalue weighted by Gasteiger charge is -2.08. The Hall–Kier alpha value is -1.22. The van der Waals surface area contributed by atoms with E-state index in [1.165, 1.54) is 0 Å². The van der Waals surface area contributed by atoms with E-state index in [0.29, 0.717) is 23.2 Å². The number of rotatable bonds is 4. The molecule has 0 aromatic heterocycles. The lowest BCUT2D eigenvalue weighted by molar-refractivity contribution is 0.306. The molecule has 4 heteroatoms. The van der Waals surface area contributed by atoms with Crippen molar-refractivity contribution in [3.63, 3.8) is 0 Å². The van der Waals surface area contributed by atoms with Crippen LogP contribution in [0.4, 0.5) is 0 Å². The number of ether oxygens (including phenoxy) is 1. The summed E-state index contributed by atoms with van der Waals surface area (Å²) < 4.78 is 5.64. The van der Waals surface area contributed by atoms with Crippen LogP contribution in [0.2, 0.25) is 10.0 Å². The molecule has 0 atom stereocenters. The molecule has 18 heavy (non-hydrogen) atoms. The van der Waals surface area contributed by atoms with E-state index in [1.54, 1.807) is 18.2 Å². The van der Waals surface area contributed by atoms with Crippen LogP contribution in [0.1, 0.15) is 11.1 Å². The van der Waals surface area contributed by atoms with Crippen molar-refractivity contribution in [3.8, 4) is 5.75 Å². The van der Waals surface area contributed by atoms with Gasteiger partial charge in [0, 0.05) is 22.2 Å². The standard InChI is InChI=1S/C14H13Cl2NO/c15-12-3-6-14(16)11(7-12)9-18-13-4-1-10(8-17)2-5-13/h1-7H,8-9,17H2. The first-order valence-corrected chi connectivity index (χ1v) is 6.30. The zero-order valence-corrected chi connectivity index (χ0v) is 11.2. The first kappa shape index (κ1) is 13.2. The Bertz CT molecular complexity index is 526. The van der Waals surface area contributed by atoms with Gasteiger partial charge in [-0.15, -0.1) is 0 Å². The van der Waals surface area contributed by atoms with Gasteiger partial charge in [-0.2, -0.15) is 0 Å². The van der Waals surface area contributed by atoms with Crippen molar-refractivity contribution in [1.29, 1.82) is 0 Å². The molecule has 0 bridgehead atoms. The summed E-state index contributed by atoms with van der Waals surface area (Å²) in [5.41, 5.74) is 7.47. The third-order valence-corrected chi connectivity index (χ3v) is 3.16. The average molecular weight is 282 g/mol. The van der Waals surface area contributed by atoms with Crippen LogP contribution < -0.4 is 10.5 Å². The molecule has 0 unspecified atom stereocenters. The number of hydrogen-bond acceptors (Lipinski definition) is 2. The van der Waals surface area contributed by atoms with E-state index in [0.717, 1.165) is 16.9 Å². The van der Waals surface area contributed by atoms with E-state index >= 15 is 0 Å². The molecule has 2 nitrogen and oxygen atoms in total. The molecule has 0 saturated heterocycles. The molecule has 0 fully saturated rings. The summed E-state index contributed by atoms with van der Waals surface area (Å²) in [7, 11) is 0. The zero-order chi connectivity index (χ0) is 13.0. The predicted molar refractivity (Wildman–Crippen MR) is 75.1 cm³/mol. The molecule has 0 saturated carbocycles. The van der Waals surface area contributed by atoms with Crippen LogP contribution in [0.3, 0.4) is 0 Å². The summed E-state index contributed by atoms with van der Waals surface area (Å²) in [6.45, 7) is 0.918. The number of benzene rings is 2. The monoisotopic (exact) mass is 281 g/mol. The number of nitrogens with two attached hydrogens (primary N) is 1. The van der Waals surface area contributed by atoms with Crippen LogP contribution in [0.5, 0.6) is 5.75 Å². The molecule has 0 aliphatic heterocycles. The molecule has 2 aromatic rings. The first-order chi connectivity index (χ1) is 8.69. The minimum Gasteiger partial charge on any atom is -0.489 e. The van der Waals surface area contributed by atoms with E-state index in [9.17, 15) is 0 Å². The molecular weight excluding hydrogens is 269 g/mol. The van der Waals surface area contributed by atoms with Crippen LogP contribution >= 0.6 is 23.2 Å². The van der Waals surface area contributed by atoms with Crippen molar-refractivity contribution in [2.75, 3.05) is 0 Å². The van der Waals surface area contributed by atoms with Crippen LogP contribution in [-0.4, -0.2) is 0 Å². The lowest BCUT2D eigenvalue weighted by Crippen LogP contribution is -1.98. The third-order valence-electron chi connectivity index (χ3n) is 2.56. The minimum atomic E-state index is 0.390. The van der Waals surface area contributed by atoms with E-state index in [-0.39, 0.29) is 0 Å². The highest BCUT2D eigenvalue weighted by molar-refractivity contribution is 6.33. The van der Waals surface area contributed by atoms with Gasteiger partial charge in [0.1, 0.15) is 12.4 Å². The van der Waals surface area contributed by atoms with E-state index in [1.807, 2.05) is 24.3 Å². The highest BCUT2D eigenvalue weighted by atomic mass is 35.5. The van der Waals surface area contributed by atoms with Crippen molar-refractivity contribution in [2.24, 2.45) is 5.73 Å². The molecule has 2 N–H and O–H groups in total. The SMILES string of the molecule is NCc1ccc(OCc2cc(Cl)ccc2Cl)cc1. The van der Waals surface area contributed by atoms with Gasteiger partial charge in [0.15, 0.2) is 0 Å². The van der Waals surface area contributed by atoms with Crippen molar-refractivity contribution in [3.05, 3.63) is 63.6 Å². The van der Waals surface area contributed by atoms with Gasteiger partial charge in [0.05, 0.1) is 0 Å². The van der Waals surface area contributed by atoms with E-state index < -0.39 is 0 Å². The zero-order valence-electron chi connectivity index (χ0n) is 9.70. The second-order valence-electron chi connectivity index (χ2n) is 3.87. The highest BCUT2D eigenvalue weighted by Crippen LogP contribution is 2.22. The smallest absolute Gasteiger partial charge is 0.119 e. The first-order valence-electron chi connectivity index (χ1n) is 5.55. The summed E-state index contributed by atoms with van der Waals surface area (Å²) in [4.78, 5) is 0. The highest BCUT2D eigenvalue weighted by Gasteiger charge is 2.02. The second-order valence-corrected chi connectivity index (χ2v) is 4.72. The van der Waals surface area contributed by atoms with Gasteiger partial charge >= 0.3 is 0 Å². The summed E-state index contributed by atoms with van der Waals surface area (Å²) in [6.07, 6.45) is 0. The molecule has 0 heterocycles. The van der Waals surface area contributed by atoms with Crippen molar-refractivity contribution < 1.29 is 4.74 Å². The third kappa shape index (κ3) is 3.39. The maximum atomic E-state index is 6.05. The molecule has 0 aliphatic rings. The average Bonchev–Trinajstić information content (AvgIpc) is 2.40. The van der Waals surface area contributed by atoms with Crippen LogP contribution in [-0.2, 0) is 13.2 Å². The Labute approximate surface area is 116 Å². The number of halogens is 2. The van der Waals surface area contributed by atoms with Crippen LogP contribution in [0, 0.1) is 0 Å². The maximum absolute atomic E-state index is 6.05. The molecule has 0 radical (unpaired) electrons. The topological polar surface area (TPSA) is 35.2 Å². The maximum Gasteiger partial charge on any atom is 0.119 e. The molecule has 94 valence electrons.